The summed E-state index contributed by atoms with van der Waals surface area (Å²) in [5.74, 6) is 0.295. The average Bonchev–Trinajstić information content (AvgIpc) is 2.91. The number of methoxy groups -OCH3 is 1. The van der Waals surface area contributed by atoms with Crippen LogP contribution in [0.25, 0.3) is 0 Å². The number of thiophene rings is 1. The molecule has 5 nitrogen and oxygen atoms in total. The molecule has 1 heterocycles. The van der Waals surface area contributed by atoms with Gasteiger partial charge in [0, 0.05) is 10.6 Å². The second-order valence-corrected chi connectivity index (χ2v) is 7.22. The average molecular weight is 358 g/mol. The summed E-state index contributed by atoms with van der Waals surface area (Å²) in [6.07, 6.45) is 5.75. The van der Waals surface area contributed by atoms with E-state index in [-0.39, 0.29) is 18.4 Å². The van der Waals surface area contributed by atoms with Gasteiger partial charge in [-0.1, -0.05) is 6.42 Å². The highest BCUT2D eigenvalue weighted by Gasteiger charge is 2.17. The van der Waals surface area contributed by atoms with E-state index in [2.05, 4.69) is 10.6 Å². The Morgan fingerprint density at radius 3 is 2.64 bits per heavy atom. The minimum Gasteiger partial charge on any atom is -0.497 e. The predicted octanol–water partition coefficient (Wildman–Crippen LogP) is 3.39. The SMILES string of the molecule is COc1ccc(NC(=O)CNC(=O)c2cc3c(s2)CCCCC3)cc1. The van der Waals surface area contributed by atoms with Crippen molar-refractivity contribution >= 4 is 28.8 Å². The number of ether oxygens (including phenoxy) is 1. The summed E-state index contributed by atoms with van der Waals surface area (Å²) >= 11 is 1.56. The number of benzene rings is 1. The van der Waals surface area contributed by atoms with Crippen LogP contribution in [0, 0.1) is 0 Å². The zero-order valence-corrected chi connectivity index (χ0v) is 15.1. The number of nitrogens with one attached hydrogen (secondary N) is 2. The molecule has 0 fully saturated rings. The van der Waals surface area contributed by atoms with E-state index in [0.717, 1.165) is 18.6 Å². The van der Waals surface area contributed by atoms with Gasteiger partial charge in [0.1, 0.15) is 5.75 Å². The van der Waals surface area contributed by atoms with Crippen LogP contribution in [0.15, 0.2) is 30.3 Å². The third-order valence-corrected chi connectivity index (χ3v) is 5.49. The van der Waals surface area contributed by atoms with Crippen molar-refractivity contribution in [3.8, 4) is 5.75 Å². The Morgan fingerprint density at radius 2 is 1.88 bits per heavy atom. The highest BCUT2D eigenvalue weighted by atomic mass is 32.1. The first-order chi connectivity index (χ1) is 12.2. The summed E-state index contributed by atoms with van der Waals surface area (Å²) in [7, 11) is 1.59. The maximum absolute atomic E-state index is 12.3. The number of anilines is 1. The van der Waals surface area contributed by atoms with E-state index < -0.39 is 0 Å². The number of rotatable bonds is 5. The molecule has 1 aliphatic carbocycles. The van der Waals surface area contributed by atoms with E-state index in [1.54, 1.807) is 42.7 Å². The van der Waals surface area contributed by atoms with Crippen LogP contribution >= 0.6 is 11.3 Å². The smallest absolute Gasteiger partial charge is 0.261 e. The Hall–Kier alpha value is -2.34. The van der Waals surface area contributed by atoms with Crippen molar-refractivity contribution in [1.29, 1.82) is 0 Å². The molecule has 0 aliphatic heterocycles. The molecule has 1 aromatic heterocycles. The molecule has 0 saturated heterocycles. The summed E-state index contributed by atoms with van der Waals surface area (Å²) in [4.78, 5) is 26.3. The summed E-state index contributed by atoms with van der Waals surface area (Å²) in [5, 5.41) is 5.45. The zero-order chi connectivity index (χ0) is 17.6. The summed E-state index contributed by atoms with van der Waals surface area (Å²) in [6.45, 7) is -0.0482. The molecule has 2 amide bonds. The minimum absolute atomic E-state index is 0.0482. The van der Waals surface area contributed by atoms with Crippen molar-refractivity contribution in [2.45, 2.75) is 32.1 Å². The Labute approximate surface area is 151 Å². The molecule has 6 heteroatoms. The maximum Gasteiger partial charge on any atom is 0.261 e. The standard InChI is InChI=1S/C19H22N2O3S/c1-24-15-9-7-14(8-10-15)21-18(22)12-20-19(23)17-11-13-5-3-2-4-6-16(13)25-17/h7-11H,2-6,12H2,1H3,(H,20,23)(H,21,22). The van der Waals surface area contributed by atoms with Crippen LogP contribution < -0.4 is 15.4 Å². The molecule has 0 bridgehead atoms. The molecular formula is C19H22N2O3S. The number of fused-ring (bicyclic) bond motifs is 1. The number of amides is 2. The van der Waals surface area contributed by atoms with Gasteiger partial charge in [0.25, 0.3) is 5.91 Å². The van der Waals surface area contributed by atoms with Crippen molar-refractivity contribution in [2.24, 2.45) is 0 Å². The molecule has 25 heavy (non-hydrogen) atoms. The van der Waals surface area contributed by atoms with E-state index in [9.17, 15) is 9.59 Å². The zero-order valence-electron chi connectivity index (χ0n) is 14.3. The number of aryl methyl sites for hydroxylation is 2. The fourth-order valence-electron chi connectivity index (χ4n) is 2.91. The molecule has 2 N–H and O–H groups in total. The van der Waals surface area contributed by atoms with Crippen molar-refractivity contribution in [3.63, 3.8) is 0 Å². The molecule has 1 aliphatic rings. The highest BCUT2D eigenvalue weighted by molar-refractivity contribution is 7.14. The van der Waals surface area contributed by atoms with E-state index in [4.69, 9.17) is 4.74 Å². The van der Waals surface area contributed by atoms with Gasteiger partial charge in [-0.05, 0) is 61.6 Å². The van der Waals surface area contributed by atoms with E-state index in [1.807, 2.05) is 6.07 Å². The van der Waals surface area contributed by atoms with Crippen LogP contribution in [0.3, 0.4) is 0 Å². The van der Waals surface area contributed by atoms with E-state index in [0.29, 0.717) is 10.6 Å². The van der Waals surface area contributed by atoms with Gasteiger partial charge in [0.15, 0.2) is 0 Å². The molecule has 2 aromatic rings. The van der Waals surface area contributed by atoms with Gasteiger partial charge in [0.05, 0.1) is 18.5 Å². The van der Waals surface area contributed by atoms with E-state index in [1.165, 1.54) is 29.7 Å². The molecular weight excluding hydrogens is 336 g/mol. The second-order valence-electron chi connectivity index (χ2n) is 6.08. The lowest BCUT2D eigenvalue weighted by atomic mass is 10.1. The molecule has 0 atom stereocenters. The molecule has 0 unspecified atom stereocenters. The first-order valence-corrected chi connectivity index (χ1v) is 9.31. The highest BCUT2D eigenvalue weighted by Crippen LogP contribution is 2.28. The molecule has 1 aromatic carbocycles. The topological polar surface area (TPSA) is 67.4 Å². The monoisotopic (exact) mass is 358 g/mol. The Bertz CT molecular complexity index is 729. The van der Waals surface area contributed by atoms with Gasteiger partial charge in [0.2, 0.25) is 5.91 Å². The molecule has 0 saturated carbocycles. The number of carbonyl (C=O) groups is 2. The van der Waals surface area contributed by atoms with Crippen LogP contribution in [-0.4, -0.2) is 25.5 Å². The first kappa shape index (κ1) is 17.5. The summed E-state index contributed by atoms with van der Waals surface area (Å²) in [6, 6.07) is 9.05. The lowest BCUT2D eigenvalue weighted by Gasteiger charge is -2.07. The van der Waals surface area contributed by atoms with Crippen molar-refractivity contribution < 1.29 is 14.3 Å². The van der Waals surface area contributed by atoms with Crippen LogP contribution in [0.1, 0.15) is 39.4 Å². The number of hydrogen-bond donors (Lipinski definition) is 2. The minimum atomic E-state index is -0.253. The third-order valence-electron chi connectivity index (χ3n) is 4.25. The largest absolute Gasteiger partial charge is 0.497 e. The molecule has 3 rings (SSSR count). The predicted molar refractivity (Wildman–Crippen MR) is 99.5 cm³/mol. The molecule has 132 valence electrons. The lowest BCUT2D eigenvalue weighted by molar-refractivity contribution is -0.115. The maximum atomic E-state index is 12.3. The Morgan fingerprint density at radius 1 is 1.12 bits per heavy atom. The van der Waals surface area contributed by atoms with Gasteiger partial charge >= 0.3 is 0 Å². The summed E-state index contributed by atoms with van der Waals surface area (Å²) in [5.41, 5.74) is 1.97. The third kappa shape index (κ3) is 4.60. The lowest BCUT2D eigenvalue weighted by Crippen LogP contribution is -2.32. The van der Waals surface area contributed by atoms with Gasteiger partial charge < -0.3 is 15.4 Å². The van der Waals surface area contributed by atoms with Gasteiger partial charge in [-0.25, -0.2) is 0 Å². The van der Waals surface area contributed by atoms with E-state index >= 15 is 0 Å². The van der Waals surface area contributed by atoms with Crippen molar-refractivity contribution in [1.82, 2.24) is 5.32 Å². The first-order valence-electron chi connectivity index (χ1n) is 8.49. The van der Waals surface area contributed by atoms with Crippen LogP contribution in [0.2, 0.25) is 0 Å². The number of carbonyl (C=O) groups excluding carboxylic acids is 2. The quantitative estimate of drug-likeness (QED) is 0.805. The number of hydrogen-bond acceptors (Lipinski definition) is 4. The second kappa shape index (κ2) is 8.16. The van der Waals surface area contributed by atoms with Gasteiger partial charge in [-0.3, -0.25) is 9.59 Å². The summed E-state index contributed by atoms with van der Waals surface area (Å²) < 4.78 is 5.08. The fraction of sp³-hybridized carbons (Fsp3) is 0.368. The normalized spacial score (nSPS) is 13.5. The van der Waals surface area contributed by atoms with Crippen molar-refractivity contribution in [2.75, 3.05) is 19.0 Å². The van der Waals surface area contributed by atoms with Gasteiger partial charge in [-0.2, -0.15) is 0 Å². The van der Waals surface area contributed by atoms with Crippen LogP contribution in [-0.2, 0) is 17.6 Å². The van der Waals surface area contributed by atoms with Crippen LogP contribution in [0.5, 0.6) is 5.75 Å². The van der Waals surface area contributed by atoms with Crippen molar-refractivity contribution in [3.05, 3.63) is 45.6 Å². The van der Waals surface area contributed by atoms with Gasteiger partial charge in [-0.15, -0.1) is 11.3 Å². The molecule has 0 spiro atoms. The van der Waals surface area contributed by atoms with Crippen LogP contribution in [0.4, 0.5) is 5.69 Å². The fourth-order valence-corrected chi connectivity index (χ4v) is 4.08. The molecule has 0 radical (unpaired) electrons. The Kier molecular flexibility index (Phi) is 5.71. The Balaban J connectivity index is 1.52.